The Morgan fingerprint density at radius 3 is 1.27 bits per heavy atom. The van der Waals surface area contributed by atoms with Gasteiger partial charge in [-0.15, -0.1) is 0 Å². The SMILES string of the molecule is CCCCCC/C=C\C/C=C\CCCCCCCC(=O)NC(COC1OC(CO)C(OC2OC(CO)C(O)C(O)C2O)C(O)C1O)C(O)/C=C/CC/C=C/CCCCCCCCCCCCCCCCCCCCCCCCCCCCC. The quantitative estimate of drug-likeness (QED) is 0.0204. The van der Waals surface area contributed by atoms with Crippen LogP contribution in [0.2, 0.25) is 0 Å². The molecule has 2 aliphatic rings. The van der Waals surface area contributed by atoms with E-state index in [0.29, 0.717) is 12.8 Å². The van der Waals surface area contributed by atoms with Gasteiger partial charge in [-0.05, 0) is 64.2 Å². The summed E-state index contributed by atoms with van der Waals surface area (Å²) in [7, 11) is 0. The Hall–Kier alpha value is -2.05. The molecule has 0 aliphatic carbocycles. The van der Waals surface area contributed by atoms with E-state index in [4.69, 9.17) is 18.9 Å². The predicted molar refractivity (Wildman–Crippen MR) is 337 cm³/mol. The first-order chi connectivity index (χ1) is 40.6. The molecule has 0 radical (unpaired) electrons. The third-order valence-corrected chi connectivity index (χ3v) is 16.7. The number of allylic oxidation sites excluding steroid dienone is 7. The number of hydrogen-bond acceptors (Lipinski definition) is 13. The second kappa shape index (κ2) is 54.1. The summed E-state index contributed by atoms with van der Waals surface area (Å²) in [5.74, 6) is -0.261. The van der Waals surface area contributed by atoms with Crippen molar-refractivity contribution in [3.05, 3.63) is 48.6 Å². The van der Waals surface area contributed by atoms with Crippen LogP contribution in [0.25, 0.3) is 0 Å². The maximum Gasteiger partial charge on any atom is 0.220 e. The molecule has 14 heteroatoms. The van der Waals surface area contributed by atoms with E-state index in [9.17, 15) is 45.6 Å². The van der Waals surface area contributed by atoms with Crippen LogP contribution < -0.4 is 5.32 Å². The topological polar surface area (TPSA) is 228 Å². The number of nitrogens with one attached hydrogen (secondary N) is 1. The van der Waals surface area contributed by atoms with Crippen LogP contribution in [0.15, 0.2) is 48.6 Å². The van der Waals surface area contributed by atoms with Gasteiger partial charge in [-0.3, -0.25) is 4.79 Å². The number of aliphatic hydroxyl groups excluding tert-OH is 8. The smallest absolute Gasteiger partial charge is 0.220 e. The van der Waals surface area contributed by atoms with Gasteiger partial charge >= 0.3 is 0 Å². The van der Waals surface area contributed by atoms with Gasteiger partial charge in [0.2, 0.25) is 5.91 Å². The number of ether oxygens (including phenoxy) is 4. The number of carbonyl (C=O) groups is 1. The van der Waals surface area contributed by atoms with Gasteiger partial charge in [0.25, 0.3) is 0 Å². The minimum Gasteiger partial charge on any atom is -0.394 e. The van der Waals surface area contributed by atoms with E-state index in [2.05, 4.69) is 55.6 Å². The van der Waals surface area contributed by atoms with Crippen LogP contribution in [-0.2, 0) is 23.7 Å². The van der Waals surface area contributed by atoms with Gasteiger partial charge in [0, 0.05) is 6.42 Å². The summed E-state index contributed by atoms with van der Waals surface area (Å²) in [5, 5.41) is 87.2. The van der Waals surface area contributed by atoms with Crippen molar-refractivity contribution in [2.75, 3.05) is 19.8 Å². The molecule has 0 bridgehead atoms. The van der Waals surface area contributed by atoms with Crippen molar-refractivity contribution < 1.29 is 64.6 Å². The molecule has 0 saturated carbocycles. The molecule has 0 aromatic carbocycles. The molecule has 0 spiro atoms. The molecule has 2 heterocycles. The summed E-state index contributed by atoms with van der Waals surface area (Å²) in [6, 6.07) is -0.941. The molecule has 9 N–H and O–H groups in total. The van der Waals surface area contributed by atoms with E-state index in [1.807, 2.05) is 6.08 Å². The molecule has 2 rings (SSSR count). The Morgan fingerprint density at radius 1 is 0.434 bits per heavy atom. The number of aliphatic hydroxyl groups is 8. The molecule has 12 unspecified atom stereocenters. The summed E-state index contributed by atoms with van der Waals surface area (Å²) >= 11 is 0. The normalized spacial score (nSPS) is 24.1. The van der Waals surface area contributed by atoms with Crippen LogP contribution in [0.1, 0.15) is 290 Å². The molecule has 83 heavy (non-hydrogen) atoms. The fourth-order valence-electron chi connectivity index (χ4n) is 11.2. The van der Waals surface area contributed by atoms with Crippen molar-refractivity contribution in [3.8, 4) is 0 Å². The van der Waals surface area contributed by atoms with Crippen molar-refractivity contribution in [2.45, 2.75) is 364 Å². The lowest BCUT2D eigenvalue weighted by molar-refractivity contribution is -0.359. The monoisotopic (exact) mass is 1180 g/mol. The second-order valence-corrected chi connectivity index (χ2v) is 24.3. The second-order valence-electron chi connectivity index (χ2n) is 24.3. The Kier molecular flexibility index (Phi) is 50.2. The van der Waals surface area contributed by atoms with Crippen LogP contribution in [-0.4, -0.2) is 140 Å². The van der Waals surface area contributed by atoms with Crippen molar-refractivity contribution in [1.82, 2.24) is 5.32 Å². The minimum absolute atomic E-state index is 0.257. The highest BCUT2D eigenvalue weighted by atomic mass is 16.7. The minimum atomic E-state index is -1.79. The molecule has 2 saturated heterocycles. The van der Waals surface area contributed by atoms with E-state index in [-0.39, 0.29) is 18.9 Å². The zero-order valence-electron chi connectivity index (χ0n) is 52.7. The van der Waals surface area contributed by atoms with Gasteiger partial charge in [-0.1, -0.05) is 268 Å². The lowest BCUT2D eigenvalue weighted by atomic mass is 9.97. The van der Waals surface area contributed by atoms with Crippen molar-refractivity contribution in [3.63, 3.8) is 0 Å². The molecule has 0 aromatic rings. The van der Waals surface area contributed by atoms with Gasteiger partial charge in [0.1, 0.15) is 48.8 Å². The third-order valence-electron chi connectivity index (χ3n) is 16.7. The summed E-state index contributed by atoms with van der Waals surface area (Å²) < 4.78 is 22.8. The van der Waals surface area contributed by atoms with Gasteiger partial charge in [-0.2, -0.15) is 0 Å². The van der Waals surface area contributed by atoms with E-state index in [1.54, 1.807) is 6.08 Å². The van der Waals surface area contributed by atoms with Crippen LogP contribution in [0.4, 0.5) is 0 Å². The summed E-state index contributed by atoms with van der Waals surface area (Å²) in [6.45, 7) is 2.78. The van der Waals surface area contributed by atoms with E-state index in [0.717, 1.165) is 57.8 Å². The molecule has 2 aliphatic heterocycles. The Labute approximate surface area is 505 Å². The first-order valence-corrected chi connectivity index (χ1v) is 34.4. The summed E-state index contributed by atoms with van der Waals surface area (Å²) in [4.78, 5) is 13.3. The molecule has 0 aromatic heterocycles. The highest BCUT2D eigenvalue weighted by molar-refractivity contribution is 5.76. The first kappa shape index (κ1) is 77.0. The molecule has 2 fully saturated rings. The molecular formula is C69H127NO13. The molecular weight excluding hydrogens is 1050 g/mol. The fraction of sp³-hybridized carbons (Fsp3) is 0.870. The van der Waals surface area contributed by atoms with E-state index in [1.165, 1.54) is 199 Å². The van der Waals surface area contributed by atoms with Crippen molar-refractivity contribution >= 4 is 5.91 Å². The first-order valence-electron chi connectivity index (χ1n) is 34.4. The zero-order valence-corrected chi connectivity index (χ0v) is 52.7. The van der Waals surface area contributed by atoms with Gasteiger partial charge in [0.15, 0.2) is 12.6 Å². The van der Waals surface area contributed by atoms with E-state index < -0.39 is 86.8 Å². The van der Waals surface area contributed by atoms with Crippen LogP contribution >= 0.6 is 0 Å². The van der Waals surface area contributed by atoms with Gasteiger partial charge < -0.3 is 65.1 Å². The zero-order chi connectivity index (χ0) is 60.2. The maximum absolute atomic E-state index is 13.3. The third kappa shape index (κ3) is 38.8. The highest BCUT2D eigenvalue weighted by Crippen LogP contribution is 2.30. The molecule has 486 valence electrons. The number of rotatable bonds is 56. The van der Waals surface area contributed by atoms with Crippen LogP contribution in [0.5, 0.6) is 0 Å². The standard InChI is InChI=1S/C69H127NO13/c1-3-5-7-9-11-13-15-17-19-21-22-23-24-25-26-27-28-29-30-31-32-33-34-35-36-37-38-40-42-44-46-48-50-52-58(73)57(70-61(74)53-51-49-47-45-43-41-39-20-18-16-14-12-10-8-6-4-2)56-80-68-66(79)64(77)67(60(55-72)82-68)83-69-65(78)63(76)62(75)59(54-71)81-69/h14,16,20,39,42,44,50,52,57-60,62-69,71-73,75-79H,3-13,15,17-19,21-38,40-41,43,45-49,51,53-56H2,1-2H3,(H,70,74)/b16-14-,39-20-,44-42+,52-50+. The van der Waals surface area contributed by atoms with Crippen molar-refractivity contribution in [2.24, 2.45) is 0 Å². The van der Waals surface area contributed by atoms with Crippen LogP contribution in [0, 0.1) is 0 Å². The Balaban J connectivity index is 1.67. The number of amides is 1. The summed E-state index contributed by atoms with van der Waals surface area (Å²) in [5.41, 5.74) is 0. The summed E-state index contributed by atoms with van der Waals surface area (Å²) in [6.07, 6.45) is 53.3. The molecule has 12 atom stereocenters. The molecule has 1 amide bonds. The van der Waals surface area contributed by atoms with E-state index >= 15 is 0 Å². The lowest BCUT2D eigenvalue weighted by Gasteiger charge is -2.46. The number of hydrogen-bond donors (Lipinski definition) is 9. The number of unbranched alkanes of at least 4 members (excludes halogenated alkanes) is 37. The fourth-order valence-corrected chi connectivity index (χ4v) is 11.2. The molecule has 14 nitrogen and oxygen atoms in total. The van der Waals surface area contributed by atoms with Crippen molar-refractivity contribution in [1.29, 1.82) is 0 Å². The Bertz CT molecular complexity index is 1580. The highest BCUT2D eigenvalue weighted by Gasteiger charge is 2.51. The lowest BCUT2D eigenvalue weighted by Crippen LogP contribution is -2.65. The Morgan fingerprint density at radius 2 is 0.807 bits per heavy atom. The average molecular weight is 1180 g/mol. The van der Waals surface area contributed by atoms with Gasteiger partial charge in [0.05, 0.1) is 32.0 Å². The number of carbonyl (C=O) groups excluding carboxylic acids is 1. The maximum atomic E-state index is 13.3. The predicted octanol–water partition coefficient (Wildman–Crippen LogP) is 13.5. The van der Waals surface area contributed by atoms with Crippen LogP contribution in [0.3, 0.4) is 0 Å². The van der Waals surface area contributed by atoms with Gasteiger partial charge in [-0.25, -0.2) is 0 Å². The largest absolute Gasteiger partial charge is 0.394 e. The average Bonchev–Trinajstić information content (AvgIpc) is 3.65.